The van der Waals surface area contributed by atoms with Crippen molar-refractivity contribution < 1.29 is 0 Å². The summed E-state index contributed by atoms with van der Waals surface area (Å²) >= 11 is 0.401. The molecule has 34 valence electrons. The second kappa shape index (κ2) is 2.95. The van der Waals surface area contributed by atoms with Gasteiger partial charge in [0.25, 0.3) is 0 Å². The minimum absolute atomic E-state index is 0.131. The molecule has 0 N–H and O–H groups in total. The van der Waals surface area contributed by atoms with Crippen LogP contribution in [0.2, 0.25) is 0 Å². The summed E-state index contributed by atoms with van der Waals surface area (Å²) in [7, 11) is 0. The minimum atomic E-state index is 0.131. The Morgan fingerprint density at radius 3 is 2.50 bits per heavy atom. The summed E-state index contributed by atoms with van der Waals surface area (Å²) in [6.07, 6.45) is 0. The van der Waals surface area contributed by atoms with E-state index in [1.807, 2.05) is 0 Å². The molecule has 0 aromatic rings. The molecular formula is C3H3I2N. The highest BCUT2D eigenvalue weighted by atomic mass is 127. The van der Waals surface area contributed by atoms with E-state index in [0.717, 1.165) is 0 Å². The van der Waals surface area contributed by atoms with Crippen molar-refractivity contribution in [2.75, 3.05) is 0 Å². The maximum absolute atomic E-state index is 4.12. The highest BCUT2D eigenvalue weighted by molar-refractivity contribution is 14.2. The summed E-state index contributed by atoms with van der Waals surface area (Å²) in [4.78, 5) is 0. The van der Waals surface area contributed by atoms with Crippen molar-refractivity contribution in [3.63, 3.8) is 0 Å². The third kappa shape index (κ3) is 1.55. The molecule has 0 aliphatic carbocycles. The van der Waals surface area contributed by atoms with Gasteiger partial charge < -0.3 is 0 Å². The van der Waals surface area contributed by atoms with Crippen molar-refractivity contribution in [1.82, 2.24) is 0 Å². The Bertz CT molecular complexity index is 78.2. The van der Waals surface area contributed by atoms with Crippen LogP contribution in [0, 0.1) is 0 Å². The van der Waals surface area contributed by atoms with Crippen LogP contribution in [0.3, 0.4) is 0 Å². The number of nitrogens with zero attached hydrogens (tertiary/aromatic N) is 1. The Balaban J connectivity index is 2.77. The van der Waals surface area contributed by atoms with Crippen LogP contribution in [0.4, 0.5) is 0 Å². The average Bonchev–Trinajstić information content (AvgIpc) is 1.72. The van der Waals surface area contributed by atoms with Gasteiger partial charge in [0.2, 0.25) is 0 Å². The van der Waals surface area contributed by atoms with Gasteiger partial charge in [-0.1, -0.05) is 20.7 Å². The zero-order chi connectivity index (χ0) is 4.24. The first-order valence-electron chi connectivity index (χ1n) is 1.42. The fraction of sp³-hybridized carbons (Fsp3) is 0. The molecule has 1 aliphatic heterocycles. The molecule has 0 aromatic carbocycles. The molecule has 0 unspecified atom stereocenters. The predicted molar refractivity (Wildman–Crippen MR) is 48.7 cm³/mol. The second-order valence-corrected chi connectivity index (χ2v) is 4.50. The van der Waals surface area contributed by atoms with E-state index >= 15 is 0 Å². The van der Waals surface area contributed by atoms with Crippen LogP contribution in [-0.4, -0.2) is 12.2 Å². The van der Waals surface area contributed by atoms with Crippen molar-refractivity contribution in [3.05, 3.63) is 0 Å². The monoisotopic (exact) mass is 307 g/mol. The normalized spacial score (nSPS) is 18.7. The van der Waals surface area contributed by atoms with Gasteiger partial charge in [-0.15, -0.1) is 0 Å². The maximum Gasteiger partial charge on any atom is 0.0658 e. The molecule has 0 amide bonds. The predicted octanol–water partition coefficient (Wildman–Crippen LogP) is 1.49. The zero-order valence-electron chi connectivity index (χ0n) is 2.94. The van der Waals surface area contributed by atoms with Crippen LogP contribution in [-0.2, 0) is 0 Å². The molecule has 0 radical (unpaired) electrons. The van der Waals surface area contributed by atoms with Crippen LogP contribution < -0.4 is 0 Å². The average molecular weight is 307 g/mol. The number of hydrogen-bond acceptors (Lipinski definition) is 1. The first-order chi connectivity index (χ1) is 3.00. The van der Waals surface area contributed by atoms with Gasteiger partial charge in [-0.2, -0.15) is 0 Å². The van der Waals surface area contributed by atoms with Gasteiger partial charge in [-0.3, -0.25) is 0 Å². The third-order valence-corrected chi connectivity index (χ3v) is 5.42. The first kappa shape index (κ1) is 5.02. The van der Waals surface area contributed by atoms with Crippen molar-refractivity contribution in [2.24, 2.45) is 3.21 Å². The van der Waals surface area contributed by atoms with Crippen LogP contribution in [0.1, 0.15) is 0 Å². The van der Waals surface area contributed by atoms with E-state index in [2.05, 4.69) is 15.5 Å². The molecule has 1 aliphatic rings. The van der Waals surface area contributed by atoms with Gasteiger partial charge >= 0.3 is 0 Å². The first-order valence-corrected chi connectivity index (χ1v) is 6.12. The van der Waals surface area contributed by atoms with E-state index in [0.29, 0.717) is 0 Å². The van der Waals surface area contributed by atoms with Crippen LogP contribution in [0.25, 0.3) is 0 Å². The number of halogens is 2. The van der Waals surface area contributed by atoms with Crippen molar-refractivity contribution in [3.8, 4) is 0 Å². The Labute approximate surface area is 56.7 Å². The van der Waals surface area contributed by atoms with E-state index in [1.165, 1.54) is 0 Å². The van der Waals surface area contributed by atoms with Gasteiger partial charge in [0, 0.05) is 21.0 Å². The molecule has 3 heteroatoms. The molecule has 6 heavy (non-hydrogen) atoms. The minimum Gasteiger partial charge on any atom is -0.224 e. The largest absolute Gasteiger partial charge is 0.224 e. The molecule has 0 saturated heterocycles. The standard InChI is InChI=1S/C3H3I2N/c1-2-5-6-3-4-1/h1-3H. The van der Waals surface area contributed by atoms with Crippen LogP contribution >= 0.6 is 41.7 Å². The van der Waals surface area contributed by atoms with E-state index in [1.54, 1.807) is 0 Å². The van der Waals surface area contributed by atoms with Crippen molar-refractivity contribution in [2.45, 2.75) is 0 Å². The Morgan fingerprint density at radius 1 is 1.33 bits per heavy atom. The zero-order valence-corrected chi connectivity index (χ0v) is 7.25. The Kier molecular flexibility index (Phi) is 2.47. The van der Waals surface area contributed by atoms with Gasteiger partial charge in [-0.05, 0) is 8.02 Å². The quantitative estimate of drug-likeness (QED) is 0.601. The molecule has 0 spiro atoms. The molecule has 1 nitrogen and oxygen atoms in total. The summed E-state index contributed by atoms with van der Waals surface area (Å²) in [6, 6.07) is 0. The fourth-order valence-corrected chi connectivity index (χ4v) is 4.55. The molecule has 0 bridgehead atoms. The van der Waals surface area contributed by atoms with Gasteiger partial charge in [0.1, 0.15) is 0 Å². The third-order valence-electron chi connectivity index (χ3n) is 0.326. The number of rotatable bonds is 0. The van der Waals surface area contributed by atoms with Crippen molar-refractivity contribution in [1.29, 1.82) is 0 Å². The summed E-state index contributed by atoms with van der Waals surface area (Å²) in [5.74, 6) is 0. The van der Waals surface area contributed by atoms with E-state index < -0.39 is 0 Å². The van der Waals surface area contributed by atoms with Crippen LogP contribution in [0.15, 0.2) is 3.21 Å². The van der Waals surface area contributed by atoms with Gasteiger partial charge in [0.05, 0.1) is 4.22 Å². The summed E-state index contributed by atoms with van der Waals surface area (Å²) in [5, 5.41) is 0. The molecule has 0 atom stereocenters. The van der Waals surface area contributed by atoms with E-state index in [4.69, 9.17) is 0 Å². The maximum atomic E-state index is 4.12. The summed E-state index contributed by atoms with van der Waals surface area (Å²) in [6.45, 7) is 0. The molecule has 0 fully saturated rings. The summed E-state index contributed by atoms with van der Waals surface area (Å²) in [5.41, 5.74) is 0. The fourth-order valence-electron chi connectivity index (χ4n) is 0.156. The van der Waals surface area contributed by atoms with Gasteiger partial charge in [0.15, 0.2) is 0 Å². The lowest BCUT2D eigenvalue weighted by molar-refractivity contribution is 2.16. The Morgan fingerprint density at radius 2 is 2.33 bits per heavy atom. The molecule has 1 heterocycles. The smallest absolute Gasteiger partial charge is 0.0658 e. The highest BCUT2D eigenvalue weighted by Gasteiger charge is 1.68. The number of hydrogen-bond donors (Lipinski definition) is 0. The lowest BCUT2D eigenvalue weighted by Gasteiger charge is -1.75. The Hall–Kier alpha value is 0.870. The SMILES string of the molecule is C1=NI=CC=I1. The summed E-state index contributed by atoms with van der Waals surface area (Å²) < 4.78 is 10.7. The molecular weight excluding hydrogens is 304 g/mol. The highest BCUT2D eigenvalue weighted by Crippen LogP contribution is 2.02. The molecule has 0 aromatic heterocycles. The van der Waals surface area contributed by atoms with E-state index in [9.17, 15) is 0 Å². The lowest BCUT2D eigenvalue weighted by atomic mass is 11.0. The molecule has 0 saturated carbocycles. The van der Waals surface area contributed by atoms with Crippen molar-refractivity contribution >= 4 is 54.0 Å². The topological polar surface area (TPSA) is 12.4 Å². The van der Waals surface area contributed by atoms with Crippen LogP contribution in [0.5, 0.6) is 0 Å². The second-order valence-electron chi connectivity index (χ2n) is 0.671. The molecule has 1 rings (SSSR count). The lowest BCUT2D eigenvalue weighted by Crippen LogP contribution is -1.64. The van der Waals surface area contributed by atoms with E-state index in [-0.39, 0.29) is 41.7 Å². The van der Waals surface area contributed by atoms with Gasteiger partial charge in [-0.25, -0.2) is 3.21 Å².